The molecule has 0 aliphatic carbocycles. The van der Waals surface area contributed by atoms with Crippen molar-refractivity contribution in [3.63, 3.8) is 0 Å². The van der Waals surface area contributed by atoms with E-state index in [1.54, 1.807) is 0 Å². The molecule has 4 nitrogen and oxygen atoms in total. The summed E-state index contributed by atoms with van der Waals surface area (Å²) in [6, 6.07) is 3.03. The second-order valence-corrected chi connectivity index (χ2v) is 8.36. The Labute approximate surface area is 164 Å². The molecule has 0 spiro atoms. The smallest absolute Gasteiger partial charge is 0.431 e. The van der Waals surface area contributed by atoms with Crippen molar-refractivity contribution in [3.8, 4) is 17.4 Å². The molecule has 0 N–H and O–H groups in total. The van der Waals surface area contributed by atoms with Crippen LogP contribution in [0.3, 0.4) is 0 Å². The number of halogens is 5. The van der Waals surface area contributed by atoms with Crippen molar-refractivity contribution in [2.75, 3.05) is 0 Å². The quantitative estimate of drug-likeness (QED) is 0.410. The van der Waals surface area contributed by atoms with E-state index in [4.69, 9.17) is 4.74 Å². The first-order valence-electron chi connectivity index (χ1n) is 7.63. The minimum atomic E-state index is -4.99. The summed E-state index contributed by atoms with van der Waals surface area (Å²) in [7, 11) is 0. The molecule has 0 radical (unpaired) electrons. The van der Waals surface area contributed by atoms with E-state index in [1.807, 2.05) is 20.8 Å². The number of alkyl halides is 3. The van der Waals surface area contributed by atoms with Crippen LogP contribution in [0.2, 0.25) is 0 Å². The number of hydrogen-bond donors (Lipinski definition) is 0. The van der Waals surface area contributed by atoms with Crippen molar-refractivity contribution in [3.05, 3.63) is 39.7 Å². The van der Waals surface area contributed by atoms with Gasteiger partial charge in [0.15, 0.2) is 11.6 Å². The summed E-state index contributed by atoms with van der Waals surface area (Å²) in [6.45, 7) is 6.01. The topological polar surface area (TPSA) is 44.2 Å². The molecule has 0 aliphatic heterocycles. The third kappa shape index (κ3) is 4.16. The summed E-state index contributed by atoms with van der Waals surface area (Å²) < 4.78 is 62.0. The maximum Gasteiger partial charge on any atom is 0.573 e. The van der Waals surface area contributed by atoms with Gasteiger partial charge in [-0.3, -0.25) is 0 Å². The predicted octanol–water partition coefficient (Wildman–Crippen LogP) is 6.58. The van der Waals surface area contributed by atoms with Gasteiger partial charge >= 0.3 is 6.36 Å². The lowest BCUT2D eigenvalue weighted by Gasteiger charge is -2.16. The van der Waals surface area contributed by atoms with Gasteiger partial charge in [0.1, 0.15) is 11.2 Å². The zero-order valence-corrected chi connectivity index (χ0v) is 16.7. The first-order chi connectivity index (χ1) is 12.5. The Morgan fingerprint density at radius 3 is 2.44 bits per heavy atom. The maximum atomic E-state index is 14.2. The van der Waals surface area contributed by atoms with Crippen molar-refractivity contribution in [2.24, 2.45) is 0 Å². The summed E-state index contributed by atoms with van der Waals surface area (Å²) in [5, 5.41) is 0.452. The Kier molecular flexibility index (Phi) is 5.06. The molecule has 0 bridgehead atoms. The first-order valence-corrected chi connectivity index (χ1v) is 9.24. The van der Waals surface area contributed by atoms with E-state index in [9.17, 15) is 17.6 Å². The van der Waals surface area contributed by atoms with Gasteiger partial charge in [0.05, 0.1) is 5.39 Å². The zero-order valence-electron chi connectivity index (χ0n) is 14.3. The number of ether oxygens (including phenoxy) is 2. The maximum absolute atomic E-state index is 14.2. The van der Waals surface area contributed by atoms with Gasteiger partial charge in [-0.15, -0.1) is 24.5 Å². The van der Waals surface area contributed by atoms with Gasteiger partial charge < -0.3 is 9.47 Å². The first kappa shape index (κ1) is 19.8. The van der Waals surface area contributed by atoms with Crippen LogP contribution >= 0.6 is 27.3 Å². The van der Waals surface area contributed by atoms with E-state index in [2.05, 4.69) is 30.6 Å². The lowest BCUT2D eigenvalue weighted by Crippen LogP contribution is -2.17. The minimum Gasteiger partial charge on any atom is -0.431 e. The van der Waals surface area contributed by atoms with E-state index in [1.165, 1.54) is 17.7 Å². The molecule has 0 saturated carbocycles. The number of rotatable bonds is 3. The van der Waals surface area contributed by atoms with E-state index in [0.29, 0.717) is 14.7 Å². The Bertz CT molecular complexity index is 999. The van der Waals surface area contributed by atoms with Crippen LogP contribution in [0.4, 0.5) is 17.6 Å². The largest absolute Gasteiger partial charge is 0.573 e. The molecule has 10 heteroatoms. The number of thiophene rings is 1. The Morgan fingerprint density at radius 2 is 1.81 bits per heavy atom. The minimum absolute atomic E-state index is 0.0734. The summed E-state index contributed by atoms with van der Waals surface area (Å²) in [5.74, 6) is -2.58. The molecule has 144 valence electrons. The van der Waals surface area contributed by atoms with Crippen molar-refractivity contribution in [1.82, 2.24) is 9.97 Å². The molecule has 0 atom stereocenters. The molecular weight excluding hydrogens is 452 g/mol. The second-order valence-electron chi connectivity index (χ2n) is 6.57. The molecule has 0 unspecified atom stereocenters. The van der Waals surface area contributed by atoms with E-state index >= 15 is 0 Å². The average Bonchev–Trinajstić information content (AvgIpc) is 2.87. The molecule has 0 fully saturated rings. The number of nitrogens with zero attached hydrogens (tertiary/aromatic N) is 2. The molecule has 0 saturated heterocycles. The molecule has 2 aromatic heterocycles. The van der Waals surface area contributed by atoms with Gasteiger partial charge in [-0.05, 0) is 33.5 Å². The van der Waals surface area contributed by atoms with Crippen LogP contribution in [0.1, 0.15) is 25.6 Å². The fraction of sp³-hybridized carbons (Fsp3) is 0.294. The number of para-hydroxylation sites is 1. The SMILES string of the molecule is CC(C)(C)c1sc2ncnc(Oc3c(F)cccc3OC(F)(F)F)c2c1Br. The van der Waals surface area contributed by atoms with Crippen molar-refractivity contribution < 1.29 is 27.0 Å². The number of hydrogen-bond acceptors (Lipinski definition) is 5. The fourth-order valence-electron chi connectivity index (χ4n) is 2.32. The normalized spacial score (nSPS) is 12.4. The molecular formula is C17H13BrF4N2O2S. The highest BCUT2D eigenvalue weighted by molar-refractivity contribution is 9.10. The van der Waals surface area contributed by atoms with Crippen LogP contribution in [-0.4, -0.2) is 16.3 Å². The number of benzene rings is 1. The van der Waals surface area contributed by atoms with E-state index in [-0.39, 0.29) is 11.3 Å². The van der Waals surface area contributed by atoms with Crippen LogP contribution in [0.5, 0.6) is 17.4 Å². The van der Waals surface area contributed by atoms with Gasteiger partial charge in [-0.1, -0.05) is 26.8 Å². The Hall–Kier alpha value is -1.94. The van der Waals surface area contributed by atoms with Crippen LogP contribution in [0.25, 0.3) is 10.2 Å². The fourth-order valence-corrected chi connectivity index (χ4v) is 4.73. The standard InChI is InChI=1S/C17H13BrF4N2O2S/c1-16(2,3)13-11(18)10-14(23-7-24-15(10)27-13)25-12-8(19)5-4-6-9(12)26-17(20,21)22/h4-7H,1-3H3. The Morgan fingerprint density at radius 1 is 1.11 bits per heavy atom. The molecule has 27 heavy (non-hydrogen) atoms. The van der Waals surface area contributed by atoms with Gasteiger partial charge in [0.2, 0.25) is 11.6 Å². The monoisotopic (exact) mass is 464 g/mol. The molecule has 2 heterocycles. The highest BCUT2D eigenvalue weighted by atomic mass is 79.9. The van der Waals surface area contributed by atoms with Crippen molar-refractivity contribution in [2.45, 2.75) is 32.5 Å². The van der Waals surface area contributed by atoms with Gasteiger partial charge in [0.25, 0.3) is 0 Å². The average molecular weight is 465 g/mol. The van der Waals surface area contributed by atoms with Crippen LogP contribution in [0.15, 0.2) is 29.0 Å². The second kappa shape index (κ2) is 6.90. The molecule has 3 rings (SSSR count). The van der Waals surface area contributed by atoms with Crippen LogP contribution in [0, 0.1) is 5.82 Å². The van der Waals surface area contributed by atoms with Gasteiger partial charge in [-0.2, -0.15) is 0 Å². The number of aromatic nitrogens is 2. The Balaban J connectivity index is 2.12. The van der Waals surface area contributed by atoms with Crippen molar-refractivity contribution >= 4 is 37.5 Å². The van der Waals surface area contributed by atoms with E-state index < -0.39 is 23.7 Å². The molecule has 0 aliphatic rings. The lowest BCUT2D eigenvalue weighted by molar-refractivity contribution is -0.275. The summed E-state index contributed by atoms with van der Waals surface area (Å²) >= 11 is 4.87. The highest BCUT2D eigenvalue weighted by Crippen LogP contribution is 2.46. The summed E-state index contributed by atoms with van der Waals surface area (Å²) in [6.07, 6.45) is -3.78. The highest BCUT2D eigenvalue weighted by Gasteiger charge is 2.34. The zero-order chi connectivity index (χ0) is 20.0. The molecule has 1 aromatic carbocycles. The summed E-state index contributed by atoms with van der Waals surface area (Å²) in [5.41, 5.74) is -0.218. The molecule has 3 aromatic rings. The molecule has 0 amide bonds. The van der Waals surface area contributed by atoms with Crippen LogP contribution in [-0.2, 0) is 5.41 Å². The van der Waals surface area contributed by atoms with Crippen LogP contribution < -0.4 is 9.47 Å². The predicted molar refractivity (Wildman–Crippen MR) is 97.0 cm³/mol. The van der Waals surface area contributed by atoms with Crippen molar-refractivity contribution in [1.29, 1.82) is 0 Å². The third-order valence-corrected chi connectivity index (χ3v) is 6.01. The summed E-state index contributed by atoms with van der Waals surface area (Å²) in [4.78, 5) is 9.66. The third-order valence-electron chi connectivity index (χ3n) is 3.43. The number of fused-ring (bicyclic) bond motifs is 1. The lowest BCUT2D eigenvalue weighted by atomic mass is 9.94. The van der Waals surface area contributed by atoms with E-state index in [0.717, 1.165) is 23.1 Å². The van der Waals surface area contributed by atoms with Gasteiger partial charge in [0, 0.05) is 9.35 Å². The van der Waals surface area contributed by atoms with Gasteiger partial charge in [-0.25, -0.2) is 14.4 Å².